The lowest BCUT2D eigenvalue weighted by Crippen LogP contribution is -2.23. The maximum Gasteiger partial charge on any atom is 0.231 e. The fourth-order valence-corrected chi connectivity index (χ4v) is 2.44. The maximum absolute atomic E-state index is 13.3. The lowest BCUT2D eigenvalue weighted by Gasteiger charge is -2.27. The Balaban J connectivity index is 1.64. The van der Waals surface area contributed by atoms with E-state index in [1.165, 1.54) is 12.1 Å². The van der Waals surface area contributed by atoms with E-state index >= 15 is 0 Å². The van der Waals surface area contributed by atoms with Crippen LogP contribution in [0, 0.1) is 5.82 Å². The van der Waals surface area contributed by atoms with E-state index in [9.17, 15) is 4.39 Å². The van der Waals surface area contributed by atoms with E-state index in [-0.39, 0.29) is 18.7 Å². The molecule has 5 heteroatoms. The van der Waals surface area contributed by atoms with Crippen molar-refractivity contribution in [2.75, 3.05) is 18.7 Å². The largest absolute Gasteiger partial charge is 0.482 e. The Labute approximate surface area is 115 Å². The van der Waals surface area contributed by atoms with Gasteiger partial charge in [-0.05, 0) is 29.8 Å². The summed E-state index contributed by atoms with van der Waals surface area (Å²) in [5.41, 5.74) is 1.78. The summed E-state index contributed by atoms with van der Waals surface area (Å²) in [7, 11) is 0. The third kappa shape index (κ3) is 1.82. The molecule has 0 aromatic heterocycles. The van der Waals surface area contributed by atoms with Gasteiger partial charge in [0.05, 0.1) is 12.2 Å². The van der Waals surface area contributed by atoms with Gasteiger partial charge in [0.25, 0.3) is 0 Å². The molecule has 1 N–H and O–H groups in total. The van der Waals surface area contributed by atoms with Crippen molar-refractivity contribution in [3.63, 3.8) is 0 Å². The number of nitrogens with one attached hydrogen (secondary N) is 1. The second-order valence-corrected chi connectivity index (χ2v) is 4.74. The smallest absolute Gasteiger partial charge is 0.231 e. The van der Waals surface area contributed by atoms with Crippen LogP contribution in [0.2, 0.25) is 0 Å². The Kier molecular flexibility index (Phi) is 2.45. The van der Waals surface area contributed by atoms with Crippen molar-refractivity contribution in [3.8, 4) is 17.2 Å². The molecule has 2 aromatic rings. The number of hydrogen-bond donors (Lipinski definition) is 1. The molecule has 4 rings (SSSR count). The highest BCUT2D eigenvalue weighted by Gasteiger charge is 2.23. The first-order valence-corrected chi connectivity index (χ1v) is 6.39. The number of halogens is 1. The Morgan fingerprint density at radius 1 is 1.00 bits per heavy atom. The quantitative estimate of drug-likeness (QED) is 0.866. The predicted octanol–water partition coefficient (Wildman–Crippen LogP) is 3.10. The average Bonchev–Trinajstić information content (AvgIpc) is 2.93. The highest BCUT2D eigenvalue weighted by atomic mass is 19.1. The minimum absolute atomic E-state index is 0.182. The second-order valence-electron chi connectivity index (χ2n) is 4.74. The van der Waals surface area contributed by atoms with Crippen molar-refractivity contribution in [3.05, 3.63) is 47.8 Å². The second kappa shape index (κ2) is 4.30. The summed E-state index contributed by atoms with van der Waals surface area (Å²) in [5.74, 6) is 1.68. The Morgan fingerprint density at radius 2 is 1.90 bits per heavy atom. The fraction of sp³-hybridized carbons (Fsp3) is 0.200. The third-order valence-electron chi connectivity index (χ3n) is 3.46. The molecule has 0 aliphatic carbocycles. The van der Waals surface area contributed by atoms with Crippen LogP contribution in [0.15, 0.2) is 36.4 Å². The van der Waals surface area contributed by atoms with E-state index in [1.54, 1.807) is 6.07 Å². The maximum atomic E-state index is 13.3. The van der Waals surface area contributed by atoms with Crippen molar-refractivity contribution < 1.29 is 18.6 Å². The van der Waals surface area contributed by atoms with Crippen LogP contribution in [-0.4, -0.2) is 13.3 Å². The van der Waals surface area contributed by atoms with Gasteiger partial charge in [-0.25, -0.2) is 4.39 Å². The van der Waals surface area contributed by atoms with Crippen LogP contribution in [0.1, 0.15) is 11.7 Å². The molecule has 2 heterocycles. The van der Waals surface area contributed by atoms with E-state index < -0.39 is 0 Å². The van der Waals surface area contributed by atoms with Crippen LogP contribution >= 0.6 is 0 Å². The van der Waals surface area contributed by atoms with Crippen molar-refractivity contribution in [1.82, 2.24) is 0 Å². The number of fused-ring (bicyclic) bond motifs is 2. The molecule has 4 nitrogen and oxygen atoms in total. The molecule has 2 aliphatic rings. The highest BCUT2D eigenvalue weighted by Crippen LogP contribution is 2.38. The van der Waals surface area contributed by atoms with E-state index in [0.717, 1.165) is 22.7 Å². The minimum atomic E-state index is -0.308. The van der Waals surface area contributed by atoms with Gasteiger partial charge in [-0.1, -0.05) is 6.07 Å². The number of rotatable bonds is 1. The molecule has 2 aliphatic heterocycles. The molecular formula is C15H12FNO3. The molecule has 0 saturated carbocycles. The van der Waals surface area contributed by atoms with Crippen LogP contribution in [0.25, 0.3) is 0 Å². The third-order valence-corrected chi connectivity index (χ3v) is 3.46. The van der Waals surface area contributed by atoms with E-state index in [4.69, 9.17) is 14.2 Å². The lowest BCUT2D eigenvalue weighted by molar-refractivity contribution is 0.173. The predicted molar refractivity (Wildman–Crippen MR) is 70.8 cm³/mol. The summed E-state index contributed by atoms with van der Waals surface area (Å²) in [6.45, 7) is 0.870. The van der Waals surface area contributed by atoms with Gasteiger partial charge in [-0.3, -0.25) is 0 Å². The Bertz CT molecular complexity index is 674. The summed E-state index contributed by atoms with van der Waals surface area (Å²) >= 11 is 0. The van der Waals surface area contributed by atoms with Gasteiger partial charge >= 0.3 is 0 Å². The van der Waals surface area contributed by atoms with Gasteiger partial charge in [0.15, 0.2) is 11.5 Å². The monoisotopic (exact) mass is 273 g/mol. The summed E-state index contributed by atoms with van der Waals surface area (Å²) < 4.78 is 29.8. The first kappa shape index (κ1) is 11.4. The summed E-state index contributed by atoms with van der Waals surface area (Å²) in [5, 5.41) is 3.24. The SMILES string of the molecule is Fc1ccc2c(c1)OC(c1ccc3c(c1)OCO3)CN2. The Morgan fingerprint density at radius 3 is 2.85 bits per heavy atom. The van der Waals surface area contributed by atoms with Crippen molar-refractivity contribution in [2.45, 2.75) is 6.10 Å². The van der Waals surface area contributed by atoms with Gasteiger partial charge in [0.2, 0.25) is 6.79 Å². The van der Waals surface area contributed by atoms with E-state index in [0.29, 0.717) is 12.3 Å². The molecule has 102 valence electrons. The normalized spacial score (nSPS) is 18.9. The summed E-state index contributed by atoms with van der Waals surface area (Å²) in [6.07, 6.45) is -0.182. The molecule has 20 heavy (non-hydrogen) atoms. The average molecular weight is 273 g/mol. The van der Waals surface area contributed by atoms with E-state index in [2.05, 4.69) is 5.32 Å². The van der Waals surface area contributed by atoms with Gasteiger partial charge < -0.3 is 19.5 Å². The molecule has 0 bridgehead atoms. The first-order chi connectivity index (χ1) is 9.79. The molecular weight excluding hydrogens is 261 g/mol. The molecule has 0 saturated heterocycles. The number of hydrogen-bond acceptors (Lipinski definition) is 4. The van der Waals surface area contributed by atoms with Crippen LogP contribution in [-0.2, 0) is 0 Å². The number of benzene rings is 2. The Hall–Kier alpha value is -2.43. The van der Waals surface area contributed by atoms with Crippen LogP contribution < -0.4 is 19.5 Å². The molecule has 0 fully saturated rings. The van der Waals surface area contributed by atoms with Crippen LogP contribution in [0.3, 0.4) is 0 Å². The topological polar surface area (TPSA) is 39.7 Å². The first-order valence-electron chi connectivity index (χ1n) is 6.39. The van der Waals surface area contributed by atoms with Gasteiger partial charge in [0, 0.05) is 6.07 Å². The zero-order chi connectivity index (χ0) is 13.5. The molecule has 1 unspecified atom stereocenters. The van der Waals surface area contributed by atoms with Crippen LogP contribution in [0.4, 0.5) is 10.1 Å². The number of ether oxygens (including phenoxy) is 3. The molecule has 1 atom stereocenters. The van der Waals surface area contributed by atoms with Crippen molar-refractivity contribution in [2.24, 2.45) is 0 Å². The molecule has 0 amide bonds. The zero-order valence-electron chi connectivity index (χ0n) is 10.6. The number of anilines is 1. The molecule has 0 spiro atoms. The fourth-order valence-electron chi connectivity index (χ4n) is 2.44. The molecule has 2 aromatic carbocycles. The minimum Gasteiger partial charge on any atom is -0.482 e. The van der Waals surface area contributed by atoms with Crippen molar-refractivity contribution >= 4 is 5.69 Å². The van der Waals surface area contributed by atoms with Gasteiger partial charge in [0.1, 0.15) is 17.7 Å². The highest BCUT2D eigenvalue weighted by molar-refractivity contribution is 5.58. The summed E-state index contributed by atoms with van der Waals surface area (Å²) in [6, 6.07) is 10.2. The molecule has 0 radical (unpaired) electrons. The zero-order valence-corrected chi connectivity index (χ0v) is 10.6. The summed E-state index contributed by atoms with van der Waals surface area (Å²) in [4.78, 5) is 0. The standard InChI is InChI=1S/C15H12FNO3/c16-10-2-3-11-13(6-10)20-15(7-17-11)9-1-4-12-14(5-9)19-8-18-12/h1-6,15,17H,7-8H2. The van der Waals surface area contributed by atoms with Crippen molar-refractivity contribution in [1.29, 1.82) is 0 Å². The van der Waals surface area contributed by atoms with Gasteiger partial charge in [-0.15, -0.1) is 0 Å². The van der Waals surface area contributed by atoms with Gasteiger partial charge in [-0.2, -0.15) is 0 Å². The van der Waals surface area contributed by atoms with E-state index in [1.807, 2.05) is 18.2 Å². The van der Waals surface area contributed by atoms with Crippen LogP contribution in [0.5, 0.6) is 17.2 Å². The lowest BCUT2D eigenvalue weighted by atomic mass is 10.1.